The summed E-state index contributed by atoms with van der Waals surface area (Å²) in [6, 6.07) is 12.8. The maximum atomic E-state index is 12.3. The molecule has 0 aliphatic heterocycles. The number of amides is 1. The van der Waals surface area contributed by atoms with Gasteiger partial charge in [-0.15, -0.1) is 0 Å². The molecule has 0 saturated heterocycles. The van der Waals surface area contributed by atoms with Gasteiger partial charge in [-0.1, -0.05) is 12.1 Å². The first-order valence-electron chi connectivity index (χ1n) is 7.29. The highest BCUT2D eigenvalue weighted by molar-refractivity contribution is 5.95. The average molecular weight is 315 g/mol. The molecule has 2 aromatic carbocycles. The molecule has 0 aliphatic rings. The molecule has 0 spiro atoms. The van der Waals surface area contributed by atoms with Crippen molar-refractivity contribution in [3.63, 3.8) is 0 Å². The van der Waals surface area contributed by atoms with Crippen molar-refractivity contribution < 1.29 is 19.0 Å². The zero-order chi connectivity index (χ0) is 16.8. The molecule has 1 amide bonds. The Morgan fingerprint density at radius 3 is 2.48 bits per heavy atom. The van der Waals surface area contributed by atoms with Gasteiger partial charge in [-0.05, 0) is 43.7 Å². The Labute approximate surface area is 136 Å². The van der Waals surface area contributed by atoms with Crippen molar-refractivity contribution in [2.75, 3.05) is 19.5 Å². The van der Waals surface area contributed by atoms with E-state index in [2.05, 4.69) is 5.32 Å². The molecule has 2 rings (SSSR count). The van der Waals surface area contributed by atoms with Crippen LogP contribution in [0.25, 0.3) is 0 Å². The van der Waals surface area contributed by atoms with E-state index in [4.69, 9.17) is 14.2 Å². The number of hydrogen-bond donors (Lipinski definition) is 1. The molecule has 0 bridgehead atoms. The fourth-order valence-corrected chi connectivity index (χ4v) is 2.08. The number of carbonyl (C=O) groups excluding carboxylic acids is 1. The second kappa shape index (κ2) is 7.54. The quantitative estimate of drug-likeness (QED) is 0.887. The van der Waals surface area contributed by atoms with Crippen LogP contribution < -0.4 is 19.5 Å². The van der Waals surface area contributed by atoms with Gasteiger partial charge in [0.1, 0.15) is 17.2 Å². The molecular weight excluding hydrogens is 294 g/mol. The number of benzene rings is 2. The SMILES string of the molecule is COc1ccc(NC(=O)[C@@H](C)Oc2cccc(C)c2)c(OC)c1. The molecule has 23 heavy (non-hydrogen) atoms. The van der Waals surface area contributed by atoms with Gasteiger partial charge >= 0.3 is 0 Å². The van der Waals surface area contributed by atoms with Gasteiger partial charge in [0, 0.05) is 6.07 Å². The van der Waals surface area contributed by atoms with Crippen LogP contribution in [0.1, 0.15) is 12.5 Å². The summed E-state index contributed by atoms with van der Waals surface area (Å²) in [6.45, 7) is 3.67. The highest BCUT2D eigenvalue weighted by Crippen LogP contribution is 2.29. The summed E-state index contributed by atoms with van der Waals surface area (Å²) in [7, 11) is 3.11. The molecule has 0 radical (unpaired) electrons. The summed E-state index contributed by atoms with van der Waals surface area (Å²) < 4.78 is 16.1. The fourth-order valence-electron chi connectivity index (χ4n) is 2.08. The van der Waals surface area contributed by atoms with Crippen molar-refractivity contribution in [3.8, 4) is 17.2 Å². The van der Waals surface area contributed by atoms with Crippen molar-refractivity contribution in [2.24, 2.45) is 0 Å². The average Bonchev–Trinajstić information content (AvgIpc) is 2.55. The van der Waals surface area contributed by atoms with E-state index in [0.29, 0.717) is 22.9 Å². The molecule has 2 aromatic rings. The lowest BCUT2D eigenvalue weighted by Crippen LogP contribution is -2.30. The lowest BCUT2D eigenvalue weighted by Gasteiger charge is -2.16. The van der Waals surface area contributed by atoms with Crippen molar-refractivity contribution in [1.29, 1.82) is 0 Å². The number of aryl methyl sites for hydroxylation is 1. The summed E-state index contributed by atoms with van der Waals surface area (Å²) in [5.74, 6) is 1.59. The molecule has 0 aliphatic carbocycles. The van der Waals surface area contributed by atoms with Gasteiger partial charge in [0.2, 0.25) is 0 Å². The van der Waals surface area contributed by atoms with Crippen molar-refractivity contribution >= 4 is 11.6 Å². The highest BCUT2D eigenvalue weighted by Gasteiger charge is 2.17. The lowest BCUT2D eigenvalue weighted by molar-refractivity contribution is -0.122. The second-order valence-electron chi connectivity index (χ2n) is 5.13. The van der Waals surface area contributed by atoms with Gasteiger partial charge in [-0.2, -0.15) is 0 Å². The van der Waals surface area contributed by atoms with Gasteiger partial charge < -0.3 is 19.5 Å². The van der Waals surface area contributed by atoms with E-state index >= 15 is 0 Å². The Hall–Kier alpha value is -2.69. The first kappa shape index (κ1) is 16.7. The van der Waals surface area contributed by atoms with Crippen LogP contribution in [0, 0.1) is 6.92 Å². The molecular formula is C18H21NO4. The molecule has 122 valence electrons. The van der Waals surface area contributed by atoms with Crippen LogP contribution in [0.2, 0.25) is 0 Å². The summed E-state index contributed by atoms with van der Waals surface area (Å²) in [5, 5.41) is 2.80. The normalized spacial score (nSPS) is 11.5. The van der Waals surface area contributed by atoms with Gasteiger partial charge in [0.15, 0.2) is 6.10 Å². The van der Waals surface area contributed by atoms with Crippen LogP contribution in [-0.2, 0) is 4.79 Å². The zero-order valence-corrected chi connectivity index (χ0v) is 13.8. The van der Waals surface area contributed by atoms with Crippen LogP contribution in [-0.4, -0.2) is 26.2 Å². The summed E-state index contributed by atoms with van der Waals surface area (Å²) in [6.07, 6.45) is -0.636. The summed E-state index contributed by atoms with van der Waals surface area (Å²) >= 11 is 0. The molecule has 0 saturated carbocycles. The number of methoxy groups -OCH3 is 2. The Morgan fingerprint density at radius 2 is 1.83 bits per heavy atom. The Morgan fingerprint density at radius 1 is 1.04 bits per heavy atom. The number of ether oxygens (including phenoxy) is 3. The monoisotopic (exact) mass is 315 g/mol. The maximum Gasteiger partial charge on any atom is 0.265 e. The van der Waals surface area contributed by atoms with Crippen molar-refractivity contribution in [2.45, 2.75) is 20.0 Å². The molecule has 1 atom stereocenters. The third-order valence-electron chi connectivity index (χ3n) is 3.34. The molecule has 5 heteroatoms. The van der Waals surface area contributed by atoms with Gasteiger partial charge in [0.05, 0.1) is 19.9 Å². The number of rotatable bonds is 6. The Balaban J connectivity index is 2.06. The van der Waals surface area contributed by atoms with Crippen LogP contribution in [0.3, 0.4) is 0 Å². The van der Waals surface area contributed by atoms with Gasteiger partial charge in [-0.3, -0.25) is 4.79 Å². The van der Waals surface area contributed by atoms with E-state index < -0.39 is 6.10 Å². The first-order valence-corrected chi connectivity index (χ1v) is 7.29. The maximum absolute atomic E-state index is 12.3. The smallest absolute Gasteiger partial charge is 0.265 e. The lowest BCUT2D eigenvalue weighted by atomic mass is 10.2. The second-order valence-corrected chi connectivity index (χ2v) is 5.13. The van der Waals surface area contributed by atoms with Crippen LogP contribution in [0.4, 0.5) is 5.69 Å². The van der Waals surface area contributed by atoms with E-state index in [0.717, 1.165) is 5.56 Å². The van der Waals surface area contributed by atoms with Gasteiger partial charge in [-0.25, -0.2) is 0 Å². The third-order valence-corrected chi connectivity index (χ3v) is 3.34. The molecule has 0 unspecified atom stereocenters. The molecule has 1 N–H and O–H groups in total. The van der Waals surface area contributed by atoms with E-state index in [1.54, 1.807) is 32.2 Å². The molecule has 5 nitrogen and oxygen atoms in total. The minimum Gasteiger partial charge on any atom is -0.497 e. The fraction of sp³-hybridized carbons (Fsp3) is 0.278. The van der Waals surface area contributed by atoms with E-state index in [1.165, 1.54) is 7.11 Å². The largest absolute Gasteiger partial charge is 0.497 e. The standard InChI is InChI=1S/C18H21NO4/c1-12-6-5-7-15(10-12)23-13(2)18(20)19-16-9-8-14(21-3)11-17(16)22-4/h5-11,13H,1-4H3,(H,19,20)/t13-/m1/s1. The molecule has 0 fully saturated rings. The van der Waals surface area contributed by atoms with Crippen molar-refractivity contribution in [1.82, 2.24) is 0 Å². The molecule has 0 aromatic heterocycles. The number of carbonyl (C=O) groups is 1. The third kappa shape index (κ3) is 4.39. The number of nitrogens with one attached hydrogen (secondary N) is 1. The topological polar surface area (TPSA) is 56.8 Å². The first-order chi connectivity index (χ1) is 11.0. The number of anilines is 1. The van der Waals surface area contributed by atoms with Gasteiger partial charge in [0.25, 0.3) is 5.91 Å². The predicted molar refractivity (Wildman–Crippen MR) is 89.4 cm³/mol. The van der Waals surface area contributed by atoms with Crippen LogP contribution in [0.15, 0.2) is 42.5 Å². The van der Waals surface area contributed by atoms with E-state index in [-0.39, 0.29) is 5.91 Å². The van der Waals surface area contributed by atoms with E-state index in [1.807, 2.05) is 31.2 Å². The van der Waals surface area contributed by atoms with Crippen LogP contribution >= 0.6 is 0 Å². The minimum atomic E-state index is -0.636. The minimum absolute atomic E-state index is 0.255. The highest BCUT2D eigenvalue weighted by atomic mass is 16.5. The predicted octanol–water partition coefficient (Wildman–Crippen LogP) is 3.42. The van der Waals surface area contributed by atoms with Crippen molar-refractivity contribution in [3.05, 3.63) is 48.0 Å². The van der Waals surface area contributed by atoms with E-state index in [9.17, 15) is 4.79 Å². The molecule has 0 heterocycles. The Kier molecular flexibility index (Phi) is 5.46. The Bertz CT molecular complexity index is 684. The van der Waals surface area contributed by atoms with Crippen LogP contribution in [0.5, 0.6) is 17.2 Å². The summed E-state index contributed by atoms with van der Waals surface area (Å²) in [4.78, 5) is 12.3. The number of hydrogen-bond acceptors (Lipinski definition) is 4. The zero-order valence-electron chi connectivity index (χ0n) is 13.8. The summed E-state index contributed by atoms with van der Waals surface area (Å²) in [5.41, 5.74) is 1.64.